The maximum atomic E-state index is 14.9. The molecule has 1 saturated heterocycles. The van der Waals surface area contributed by atoms with Crippen LogP contribution in [0.25, 0.3) is 21.7 Å². The zero-order chi connectivity index (χ0) is 63.6. The minimum absolute atomic E-state index is 0.0115. The van der Waals surface area contributed by atoms with E-state index in [2.05, 4.69) is 98.8 Å². The van der Waals surface area contributed by atoms with Crippen LogP contribution in [0.4, 0.5) is 4.79 Å². The zero-order valence-corrected chi connectivity index (χ0v) is 50.3. The Labute approximate surface area is 513 Å². The first-order chi connectivity index (χ1) is 41.6. The van der Waals surface area contributed by atoms with Crippen molar-refractivity contribution in [2.45, 2.75) is 114 Å². The number of aliphatic imine (C=N–C) groups is 3. The number of carbonyl (C=O) groups is 10. The van der Waals surface area contributed by atoms with E-state index in [1.165, 1.54) is 13.3 Å². The first-order valence-electron chi connectivity index (χ1n) is 28.3. The lowest BCUT2D eigenvalue weighted by atomic mass is 9.99. The van der Waals surface area contributed by atoms with Crippen molar-refractivity contribution >= 4 is 124 Å². The first kappa shape index (κ1) is 68.8. The number of H-pyrrole nitrogens is 1. The molecule has 87 heavy (non-hydrogen) atoms. The molecular weight excluding hydrogens is 1160 g/mol. The standard InChI is InChI=1S/C56H79N19O10S2/c1-3-62-30-63-23-20-40(69-47(78)31(2)67-52(83)44(29-87)68-45(76)27-75-53(84)41(74-56(75)85)15-9-22-65-55(60)61)50(81)72-42(25-32-16-17-33-10-4-5-11-34(33)24-32)51(82)70-38(14-8-21-64-54(58)59)48(79)71-39(49(80)73-43(28-86)46(57)77)19-18-35-26-66-37-13-7-6-12-36(35)37/h4-7,10-13,16-17,24,26,30-31,38-44,66,86-87H,3,8-9,14-15,18-23,25,27-29H2,1-2H3,(H2,57,77)(H,62,63)(H,67,83)(H,68,76)(H,69,78)(H,70,82)(H,71,79)(H,72,81)(H,73,80)(H,74,85)(H4,58,59,64)(H4,60,61,65)/p+1. The molecule has 5 rings (SSSR count). The van der Waals surface area contributed by atoms with Crippen LogP contribution in [0.3, 0.4) is 0 Å². The Hall–Kier alpha value is -8.97. The third kappa shape index (κ3) is 21.8. The Morgan fingerprint density at radius 1 is 0.667 bits per heavy atom. The van der Waals surface area contributed by atoms with Gasteiger partial charge in [-0.05, 0) is 86.8 Å². The molecule has 470 valence electrons. The molecule has 1 fully saturated rings. The van der Waals surface area contributed by atoms with E-state index in [9.17, 15) is 47.9 Å². The highest BCUT2D eigenvalue weighted by Gasteiger charge is 2.39. The first-order valence-corrected chi connectivity index (χ1v) is 29.5. The van der Waals surface area contributed by atoms with Crippen molar-refractivity contribution in [1.29, 1.82) is 0 Å². The lowest BCUT2D eigenvalue weighted by Crippen LogP contribution is -2.68. The van der Waals surface area contributed by atoms with Gasteiger partial charge in [-0.2, -0.15) is 25.3 Å². The van der Waals surface area contributed by atoms with Gasteiger partial charge < -0.3 is 75.8 Å². The number of rotatable bonds is 36. The summed E-state index contributed by atoms with van der Waals surface area (Å²) < 4.78 is 0. The number of hydrogen-bond donors (Lipinski definition) is 17. The summed E-state index contributed by atoms with van der Waals surface area (Å²) in [4.78, 5) is 153. The Kier molecular flexibility index (Phi) is 27.6. The molecule has 0 aliphatic carbocycles. The van der Waals surface area contributed by atoms with Gasteiger partial charge in [-0.25, -0.2) is 9.59 Å². The molecule has 4 aromatic rings. The van der Waals surface area contributed by atoms with E-state index >= 15 is 0 Å². The van der Waals surface area contributed by atoms with Gasteiger partial charge >= 0.3 is 11.9 Å². The van der Waals surface area contributed by atoms with Crippen LogP contribution in [0.1, 0.15) is 63.5 Å². The number of urea groups is 1. The average Bonchev–Trinajstić information content (AvgIpc) is 3.33. The second-order valence-electron chi connectivity index (χ2n) is 20.5. The highest BCUT2D eigenvalue weighted by atomic mass is 32.1. The average molecular weight is 1240 g/mol. The normalized spacial score (nSPS) is 15.4. The van der Waals surface area contributed by atoms with E-state index in [1.54, 1.807) is 12.3 Å². The molecule has 2 heterocycles. The van der Waals surface area contributed by atoms with E-state index in [-0.39, 0.29) is 81.6 Å². The van der Waals surface area contributed by atoms with Crippen LogP contribution in [-0.2, 0) is 56.0 Å². The van der Waals surface area contributed by atoms with E-state index in [1.807, 2.05) is 67.6 Å². The molecule has 0 spiro atoms. The number of nitrogens with one attached hydrogen (secondary N) is 10. The lowest BCUT2D eigenvalue weighted by molar-refractivity contribution is -0.307. The summed E-state index contributed by atoms with van der Waals surface area (Å²) in [6.07, 6.45) is 3.96. The van der Waals surface area contributed by atoms with Crippen molar-refractivity contribution in [3.63, 3.8) is 0 Å². The predicted octanol–water partition coefficient (Wildman–Crippen LogP) is -3.41. The number of guanidine groups is 2. The summed E-state index contributed by atoms with van der Waals surface area (Å²) >= 11 is 8.42. The van der Waals surface area contributed by atoms with Crippen molar-refractivity contribution in [3.05, 3.63) is 84.1 Å². The quantitative estimate of drug-likeness (QED) is 0.00694. The topological polar surface area (TPSA) is 467 Å². The van der Waals surface area contributed by atoms with Crippen LogP contribution in [0.5, 0.6) is 0 Å². The maximum Gasteiger partial charge on any atom is 0.332 e. The van der Waals surface area contributed by atoms with E-state index in [0.29, 0.717) is 29.8 Å². The number of fused-ring (bicyclic) bond motifs is 2. The summed E-state index contributed by atoms with van der Waals surface area (Å²) in [7, 11) is 0. The highest BCUT2D eigenvalue weighted by Crippen LogP contribution is 2.21. The Bertz CT molecular complexity index is 3170. The Morgan fingerprint density at radius 3 is 1.90 bits per heavy atom. The molecule has 0 radical (unpaired) electrons. The molecule has 29 nitrogen and oxygen atoms in total. The van der Waals surface area contributed by atoms with Gasteiger partial charge in [-0.1, -0.05) is 60.7 Å². The SMILES string of the molecule is CCNC=NCCC(NC(=O)C(C)NC(=O)C(CS)NC(=O)CN1C(=O)NC(CCCN=C(N)N)C1=O)C(=O)NC(Cc1ccc2ccccc2c1)C(=O)NC(CCCN=C(N)N)C(=O)NC(CCc1c[nH]c2ccccc12)C(=O)NC(CS)C([NH3+])=O. The third-order valence-corrected chi connectivity index (χ3v) is 14.6. The third-order valence-electron chi connectivity index (χ3n) is 13.9. The minimum Gasteiger partial charge on any atom is -0.377 e. The summed E-state index contributed by atoms with van der Waals surface area (Å²) in [6, 6.07) is 9.50. The summed E-state index contributed by atoms with van der Waals surface area (Å²) in [6.45, 7) is 3.23. The van der Waals surface area contributed by atoms with Crippen molar-refractivity contribution < 1.29 is 53.7 Å². The Balaban J connectivity index is 1.37. The van der Waals surface area contributed by atoms with Gasteiger partial charge in [0.25, 0.3) is 5.91 Å². The number of imide groups is 1. The van der Waals surface area contributed by atoms with Gasteiger partial charge in [0, 0.05) is 61.2 Å². The second kappa shape index (κ2) is 34.9. The number of para-hydroxylation sites is 1. The fourth-order valence-corrected chi connectivity index (χ4v) is 9.73. The number of thiol groups is 2. The van der Waals surface area contributed by atoms with Crippen LogP contribution in [-0.4, -0.2) is 180 Å². The van der Waals surface area contributed by atoms with Gasteiger partial charge in [0.1, 0.15) is 48.8 Å². The number of aromatic amines is 1. The fourth-order valence-electron chi connectivity index (χ4n) is 9.18. The monoisotopic (exact) mass is 1240 g/mol. The van der Waals surface area contributed by atoms with Crippen LogP contribution in [0, 0.1) is 0 Å². The van der Waals surface area contributed by atoms with Crippen LogP contribution in [0.2, 0.25) is 0 Å². The van der Waals surface area contributed by atoms with E-state index in [0.717, 1.165) is 27.2 Å². The van der Waals surface area contributed by atoms with Crippen LogP contribution in [0.15, 0.2) is 87.9 Å². The summed E-state index contributed by atoms with van der Waals surface area (Å²) in [5.41, 5.74) is 27.7. The molecule has 0 saturated carbocycles. The molecule has 1 aliphatic rings. The zero-order valence-electron chi connectivity index (χ0n) is 48.5. The number of hydrogen-bond acceptors (Lipinski definition) is 15. The molecule has 3 aromatic carbocycles. The molecule has 21 N–H and O–H groups in total. The van der Waals surface area contributed by atoms with Gasteiger partial charge in [0.05, 0.1) is 6.34 Å². The Morgan fingerprint density at radius 2 is 1.24 bits per heavy atom. The van der Waals surface area contributed by atoms with Gasteiger partial charge in [-0.15, -0.1) is 0 Å². The van der Waals surface area contributed by atoms with Crippen molar-refractivity contribution in [2.24, 2.45) is 37.9 Å². The number of benzene rings is 3. The maximum absolute atomic E-state index is 14.9. The molecule has 31 heteroatoms. The number of nitrogens with zero attached hydrogens (tertiary/aromatic N) is 4. The molecular formula is C56H80N19O10S2+. The molecule has 8 unspecified atom stereocenters. The van der Waals surface area contributed by atoms with Crippen molar-refractivity contribution in [1.82, 2.24) is 57.7 Å². The summed E-state index contributed by atoms with van der Waals surface area (Å²) in [5.74, 6) is -7.74. The van der Waals surface area contributed by atoms with Crippen molar-refractivity contribution in [3.8, 4) is 0 Å². The molecule has 1 aliphatic heterocycles. The number of nitrogens with two attached hydrogens (primary N) is 4. The van der Waals surface area contributed by atoms with Gasteiger partial charge in [0.15, 0.2) is 18.0 Å². The summed E-state index contributed by atoms with van der Waals surface area (Å²) in [5, 5.41) is 26.6. The highest BCUT2D eigenvalue weighted by molar-refractivity contribution is 7.80. The van der Waals surface area contributed by atoms with Crippen LogP contribution >= 0.6 is 25.3 Å². The number of carbonyl (C=O) groups excluding carboxylic acids is 10. The number of amides is 11. The van der Waals surface area contributed by atoms with Gasteiger partial charge in [-0.3, -0.25) is 64.0 Å². The van der Waals surface area contributed by atoms with Gasteiger partial charge in [0.2, 0.25) is 41.4 Å². The molecule has 11 amide bonds. The minimum atomic E-state index is -1.43. The van der Waals surface area contributed by atoms with E-state index < -0.39 is 114 Å². The second-order valence-corrected chi connectivity index (χ2v) is 21.2. The van der Waals surface area contributed by atoms with Crippen molar-refractivity contribution in [2.75, 3.05) is 44.2 Å². The number of aryl methyl sites for hydroxylation is 1. The smallest absolute Gasteiger partial charge is 0.332 e. The number of aromatic nitrogens is 1. The molecule has 8 atom stereocenters. The fraction of sp³-hybridized carbons (Fsp3) is 0.446. The lowest BCUT2D eigenvalue weighted by Gasteiger charge is -2.27. The molecule has 1 aromatic heterocycles. The largest absolute Gasteiger partial charge is 0.377 e. The predicted molar refractivity (Wildman–Crippen MR) is 335 cm³/mol. The van der Waals surface area contributed by atoms with Crippen LogP contribution < -0.4 is 76.5 Å². The molecule has 0 bridgehead atoms. The number of quaternary nitrogens is 1. The van der Waals surface area contributed by atoms with E-state index in [4.69, 9.17) is 22.9 Å².